The van der Waals surface area contributed by atoms with Gasteiger partial charge in [-0.25, -0.2) is 0 Å². The third-order valence-corrected chi connectivity index (χ3v) is 4.12. The van der Waals surface area contributed by atoms with Crippen LogP contribution in [0.25, 0.3) is 12.2 Å². The summed E-state index contributed by atoms with van der Waals surface area (Å²) in [6.45, 7) is 0. The molecule has 7 heteroatoms. The van der Waals surface area contributed by atoms with Gasteiger partial charge in [-0.05, 0) is 35.4 Å². The molecule has 0 heterocycles. The quantitative estimate of drug-likeness (QED) is 0.402. The van der Waals surface area contributed by atoms with E-state index >= 15 is 0 Å². The summed E-state index contributed by atoms with van der Waals surface area (Å²) in [5, 5.41) is 60.5. The third-order valence-electron chi connectivity index (χ3n) is 3.88. The smallest absolute Gasteiger partial charge is 0.139 e. The number of benzene rings is 2. The van der Waals surface area contributed by atoms with Crippen LogP contribution < -0.4 is 0 Å². The Morgan fingerprint density at radius 1 is 0.704 bits per heavy atom. The van der Waals surface area contributed by atoms with E-state index in [4.69, 9.17) is 11.6 Å². The standard InChI is InChI=1S/C20H21ClO6/c21-14-8-4-7-13(9-14)11-16(23)18(25)20(27)19(26)17(24)15(22)10-12-5-2-1-3-6-12/h1-11,17-20,22-27H/t17-,18+,19-,20-/m1/s1. The first-order valence-electron chi connectivity index (χ1n) is 8.13. The number of aliphatic hydroxyl groups is 6. The zero-order chi connectivity index (χ0) is 20.0. The van der Waals surface area contributed by atoms with E-state index in [2.05, 4.69) is 0 Å². The van der Waals surface area contributed by atoms with E-state index in [1.165, 1.54) is 18.2 Å². The van der Waals surface area contributed by atoms with E-state index in [-0.39, 0.29) is 0 Å². The van der Waals surface area contributed by atoms with Crippen LogP contribution in [0.1, 0.15) is 11.1 Å². The number of rotatable bonds is 7. The van der Waals surface area contributed by atoms with Gasteiger partial charge in [-0.15, -0.1) is 0 Å². The predicted molar refractivity (Wildman–Crippen MR) is 103 cm³/mol. The Labute approximate surface area is 161 Å². The Hall–Kier alpha value is -2.35. The summed E-state index contributed by atoms with van der Waals surface area (Å²) >= 11 is 5.83. The molecule has 144 valence electrons. The lowest BCUT2D eigenvalue weighted by molar-refractivity contribution is -0.0996. The average molecular weight is 393 g/mol. The molecule has 0 aliphatic rings. The highest BCUT2D eigenvalue weighted by atomic mass is 35.5. The number of aliphatic hydroxyl groups excluding tert-OH is 6. The van der Waals surface area contributed by atoms with Gasteiger partial charge in [0, 0.05) is 5.02 Å². The largest absolute Gasteiger partial charge is 0.509 e. The Morgan fingerprint density at radius 3 is 1.70 bits per heavy atom. The lowest BCUT2D eigenvalue weighted by atomic mass is 9.99. The topological polar surface area (TPSA) is 121 Å². The molecular formula is C20H21ClO6. The van der Waals surface area contributed by atoms with Crippen LogP contribution in [0.3, 0.4) is 0 Å². The van der Waals surface area contributed by atoms with E-state index < -0.39 is 35.9 Å². The highest BCUT2D eigenvalue weighted by Gasteiger charge is 2.34. The van der Waals surface area contributed by atoms with Crippen molar-refractivity contribution < 1.29 is 30.6 Å². The van der Waals surface area contributed by atoms with Crippen LogP contribution >= 0.6 is 11.6 Å². The molecule has 0 saturated heterocycles. The first-order valence-corrected chi connectivity index (χ1v) is 8.51. The molecule has 0 amide bonds. The molecule has 2 aromatic rings. The van der Waals surface area contributed by atoms with Gasteiger partial charge in [-0.2, -0.15) is 0 Å². The zero-order valence-electron chi connectivity index (χ0n) is 14.2. The summed E-state index contributed by atoms with van der Waals surface area (Å²) < 4.78 is 0. The summed E-state index contributed by atoms with van der Waals surface area (Å²) in [5.41, 5.74) is 1.04. The highest BCUT2D eigenvalue weighted by molar-refractivity contribution is 6.30. The fourth-order valence-corrected chi connectivity index (χ4v) is 2.58. The SMILES string of the molecule is OC(=Cc1ccccc1)[C@@H](O)[C@@H](O)[C@H](O)[C@@H](O)C(O)=Cc1cccc(Cl)c1. The Bertz CT molecular complexity index is 805. The van der Waals surface area contributed by atoms with E-state index in [1.54, 1.807) is 48.5 Å². The van der Waals surface area contributed by atoms with Gasteiger partial charge in [0.2, 0.25) is 0 Å². The van der Waals surface area contributed by atoms with Crippen molar-refractivity contribution in [2.24, 2.45) is 0 Å². The second-order valence-corrected chi connectivity index (χ2v) is 6.41. The number of hydrogen-bond acceptors (Lipinski definition) is 6. The lowest BCUT2D eigenvalue weighted by Gasteiger charge is -2.26. The first-order chi connectivity index (χ1) is 12.8. The van der Waals surface area contributed by atoms with Gasteiger partial charge in [0.1, 0.15) is 35.9 Å². The maximum Gasteiger partial charge on any atom is 0.139 e. The minimum atomic E-state index is -1.96. The third kappa shape index (κ3) is 5.82. The average Bonchev–Trinajstić information content (AvgIpc) is 2.66. The first kappa shape index (κ1) is 21.0. The van der Waals surface area contributed by atoms with Gasteiger partial charge < -0.3 is 30.6 Å². The van der Waals surface area contributed by atoms with Crippen molar-refractivity contribution in [2.75, 3.05) is 0 Å². The summed E-state index contributed by atoms with van der Waals surface area (Å²) in [4.78, 5) is 0. The molecule has 6 N–H and O–H groups in total. The zero-order valence-corrected chi connectivity index (χ0v) is 15.0. The Kier molecular flexibility index (Phi) is 7.41. The molecule has 0 unspecified atom stereocenters. The monoisotopic (exact) mass is 392 g/mol. The second kappa shape index (κ2) is 9.55. The minimum absolute atomic E-state index is 0.415. The summed E-state index contributed by atoms with van der Waals surface area (Å²) in [6, 6.07) is 14.9. The van der Waals surface area contributed by atoms with Crippen LogP contribution in [0, 0.1) is 0 Å². The molecular weight excluding hydrogens is 372 g/mol. The molecule has 0 fully saturated rings. The van der Waals surface area contributed by atoms with Gasteiger partial charge in [-0.3, -0.25) is 0 Å². The van der Waals surface area contributed by atoms with Crippen molar-refractivity contribution >= 4 is 23.8 Å². The summed E-state index contributed by atoms with van der Waals surface area (Å²) in [5.74, 6) is -1.24. The number of halogens is 1. The van der Waals surface area contributed by atoms with Crippen molar-refractivity contribution in [3.63, 3.8) is 0 Å². The van der Waals surface area contributed by atoms with Crippen LogP contribution in [-0.2, 0) is 0 Å². The van der Waals surface area contributed by atoms with Crippen molar-refractivity contribution in [1.29, 1.82) is 0 Å². The molecule has 0 aliphatic carbocycles. The van der Waals surface area contributed by atoms with Crippen LogP contribution in [-0.4, -0.2) is 55.1 Å². The molecule has 0 bridgehead atoms. The predicted octanol–water partition coefficient (Wildman–Crippen LogP) is 2.28. The van der Waals surface area contributed by atoms with Crippen molar-refractivity contribution in [3.8, 4) is 0 Å². The Balaban J connectivity index is 2.10. The lowest BCUT2D eigenvalue weighted by Crippen LogP contribution is -2.45. The van der Waals surface area contributed by atoms with Gasteiger partial charge in [0.25, 0.3) is 0 Å². The summed E-state index contributed by atoms with van der Waals surface area (Å²) in [7, 11) is 0. The highest BCUT2D eigenvalue weighted by Crippen LogP contribution is 2.19. The van der Waals surface area contributed by atoms with Gasteiger partial charge >= 0.3 is 0 Å². The van der Waals surface area contributed by atoms with E-state index in [0.29, 0.717) is 16.1 Å². The van der Waals surface area contributed by atoms with Crippen LogP contribution in [0.4, 0.5) is 0 Å². The molecule has 27 heavy (non-hydrogen) atoms. The normalized spacial score (nSPS) is 17.2. The molecule has 0 radical (unpaired) electrons. The molecule has 0 aromatic heterocycles. The molecule has 6 nitrogen and oxygen atoms in total. The fourth-order valence-electron chi connectivity index (χ4n) is 2.38. The summed E-state index contributed by atoms with van der Waals surface area (Å²) in [6.07, 6.45) is -5.28. The van der Waals surface area contributed by atoms with Crippen LogP contribution in [0.15, 0.2) is 66.1 Å². The van der Waals surface area contributed by atoms with Crippen molar-refractivity contribution in [1.82, 2.24) is 0 Å². The Morgan fingerprint density at radius 2 is 1.19 bits per heavy atom. The van der Waals surface area contributed by atoms with Crippen LogP contribution in [0.2, 0.25) is 5.02 Å². The maximum absolute atomic E-state index is 10.0. The molecule has 0 spiro atoms. The molecule has 4 atom stereocenters. The molecule has 2 rings (SSSR count). The van der Waals surface area contributed by atoms with Crippen molar-refractivity contribution in [2.45, 2.75) is 24.4 Å². The maximum atomic E-state index is 10.0. The molecule has 0 aliphatic heterocycles. The fraction of sp³-hybridized carbons (Fsp3) is 0.200. The van der Waals surface area contributed by atoms with Crippen LogP contribution in [0.5, 0.6) is 0 Å². The molecule has 2 aromatic carbocycles. The van der Waals surface area contributed by atoms with Gasteiger partial charge in [0.05, 0.1) is 0 Å². The van der Waals surface area contributed by atoms with E-state index in [0.717, 1.165) is 0 Å². The van der Waals surface area contributed by atoms with Gasteiger partial charge in [0.15, 0.2) is 0 Å². The van der Waals surface area contributed by atoms with E-state index in [9.17, 15) is 30.6 Å². The van der Waals surface area contributed by atoms with Gasteiger partial charge in [-0.1, -0.05) is 54.1 Å². The second-order valence-electron chi connectivity index (χ2n) is 5.97. The number of hydrogen-bond donors (Lipinski definition) is 6. The van der Waals surface area contributed by atoms with Crippen molar-refractivity contribution in [3.05, 3.63) is 82.3 Å². The van der Waals surface area contributed by atoms with E-state index in [1.807, 2.05) is 0 Å². The minimum Gasteiger partial charge on any atom is -0.509 e. The molecule has 0 saturated carbocycles.